The van der Waals surface area contributed by atoms with E-state index in [1.807, 2.05) is 6.92 Å². The van der Waals surface area contributed by atoms with Crippen molar-refractivity contribution in [2.24, 2.45) is 5.41 Å². The fourth-order valence-corrected chi connectivity index (χ4v) is 2.24. The first kappa shape index (κ1) is 15.4. The van der Waals surface area contributed by atoms with Crippen LogP contribution in [-0.4, -0.2) is 63.9 Å². The fourth-order valence-electron chi connectivity index (χ4n) is 2.24. The van der Waals surface area contributed by atoms with Gasteiger partial charge in [-0.25, -0.2) is 0 Å². The summed E-state index contributed by atoms with van der Waals surface area (Å²) in [5.41, 5.74) is -0.0571. The van der Waals surface area contributed by atoms with Crippen LogP contribution in [-0.2, 0) is 6.54 Å². The van der Waals surface area contributed by atoms with E-state index in [1.54, 1.807) is 0 Å². The van der Waals surface area contributed by atoms with Gasteiger partial charge in [0.05, 0.1) is 12.6 Å². The summed E-state index contributed by atoms with van der Waals surface area (Å²) in [7, 11) is 0. The summed E-state index contributed by atoms with van der Waals surface area (Å²) in [5, 5.41) is 18.0. The lowest BCUT2D eigenvalue weighted by Crippen LogP contribution is -2.49. The zero-order valence-corrected chi connectivity index (χ0v) is 13.0. The molecule has 1 aliphatic heterocycles. The topological polar surface area (TPSA) is 65.6 Å². The summed E-state index contributed by atoms with van der Waals surface area (Å²) in [4.78, 5) is 4.64. The second-order valence-corrected chi connectivity index (χ2v) is 6.67. The minimum Gasteiger partial charge on any atom is -0.424 e. The Balaban J connectivity index is 1.75. The Labute approximate surface area is 120 Å². The van der Waals surface area contributed by atoms with Gasteiger partial charge in [0.15, 0.2) is 0 Å². The first-order valence-electron chi connectivity index (χ1n) is 7.26. The highest BCUT2D eigenvalue weighted by molar-refractivity contribution is 4.83. The molecule has 1 saturated heterocycles. The van der Waals surface area contributed by atoms with Crippen molar-refractivity contribution in [3.63, 3.8) is 0 Å². The molecule has 1 fully saturated rings. The van der Waals surface area contributed by atoms with E-state index < -0.39 is 0 Å². The maximum absolute atomic E-state index is 10.2. The molecule has 114 valence electrons. The summed E-state index contributed by atoms with van der Waals surface area (Å²) in [6.07, 6.45) is -0.285. The monoisotopic (exact) mass is 282 g/mol. The molecule has 20 heavy (non-hydrogen) atoms. The van der Waals surface area contributed by atoms with Crippen LogP contribution in [0.15, 0.2) is 4.42 Å². The van der Waals surface area contributed by atoms with Crippen molar-refractivity contribution in [1.82, 2.24) is 20.0 Å². The van der Waals surface area contributed by atoms with E-state index in [0.29, 0.717) is 11.8 Å². The number of aromatic nitrogens is 2. The smallest absolute Gasteiger partial charge is 0.230 e. The molecule has 0 aliphatic carbocycles. The summed E-state index contributed by atoms with van der Waals surface area (Å²) < 4.78 is 5.40. The average molecular weight is 282 g/mol. The molecule has 6 heteroatoms. The standard InChI is InChI=1S/C14H26N4O2/c1-11-15-16-13(20-11)10-18-7-5-17(6-8-18)9-12(19)14(2,3)4/h12,19H,5-10H2,1-4H3. The number of hydrogen-bond acceptors (Lipinski definition) is 6. The zero-order valence-electron chi connectivity index (χ0n) is 13.0. The lowest BCUT2D eigenvalue weighted by atomic mass is 9.89. The Morgan fingerprint density at radius 2 is 1.75 bits per heavy atom. The number of β-amino-alcohol motifs (C(OH)–C–C–N with tert-alkyl or cyclic N) is 1. The second-order valence-electron chi connectivity index (χ2n) is 6.67. The normalized spacial score (nSPS) is 20.2. The third kappa shape index (κ3) is 4.26. The highest BCUT2D eigenvalue weighted by Crippen LogP contribution is 2.20. The van der Waals surface area contributed by atoms with Crippen molar-refractivity contribution in [3.8, 4) is 0 Å². The minimum atomic E-state index is -0.285. The van der Waals surface area contributed by atoms with E-state index in [-0.39, 0.29) is 11.5 Å². The number of aliphatic hydroxyl groups excluding tert-OH is 1. The van der Waals surface area contributed by atoms with Gasteiger partial charge >= 0.3 is 0 Å². The quantitative estimate of drug-likeness (QED) is 0.885. The number of aliphatic hydroxyl groups is 1. The molecule has 2 rings (SSSR count). The van der Waals surface area contributed by atoms with Gasteiger partial charge in [-0.3, -0.25) is 9.80 Å². The molecule has 1 unspecified atom stereocenters. The van der Waals surface area contributed by atoms with Crippen molar-refractivity contribution < 1.29 is 9.52 Å². The van der Waals surface area contributed by atoms with Gasteiger partial charge in [0.25, 0.3) is 0 Å². The zero-order chi connectivity index (χ0) is 14.8. The molecule has 1 aromatic rings. The third-order valence-electron chi connectivity index (χ3n) is 3.82. The lowest BCUT2D eigenvalue weighted by Gasteiger charge is -2.37. The van der Waals surface area contributed by atoms with Crippen LogP contribution in [0.2, 0.25) is 0 Å². The Hall–Kier alpha value is -0.980. The molecule has 0 amide bonds. The molecule has 1 N–H and O–H groups in total. The van der Waals surface area contributed by atoms with Gasteiger partial charge < -0.3 is 9.52 Å². The molecule has 2 heterocycles. The van der Waals surface area contributed by atoms with Crippen LogP contribution in [0.3, 0.4) is 0 Å². The van der Waals surface area contributed by atoms with E-state index in [4.69, 9.17) is 4.42 Å². The van der Waals surface area contributed by atoms with Crippen molar-refractivity contribution >= 4 is 0 Å². The van der Waals surface area contributed by atoms with Gasteiger partial charge in [0.2, 0.25) is 11.8 Å². The van der Waals surface area contributed by atoms with Crippen LogP contribution in [0.4, 0.5) is 0 Å². The van der Waals surface area contributed by atoms with Crippen LogP contribution in [0.1, 0.15) is 32.6 Å². The van der Waals surface area contributed by atoms with Crippen LogP contribution in [0.25, 0.3) is 0 Å². The molecule has 0 saturated carbocycles. The highest BCUT2D eigenvalue weighted by atomic mass is 16.4. The van der Waals surface area contributed by atoms with Crippen LogP contribution in [0, 0.1) is 12.3 Å². The van der Waals surface area contributed by atoms with E-state index in [1.165, 1.54) is 0 Å². The van der Waals surface area contributed by atoms with Gasteiger partial charge in [-0.2, -0.15) is 0 Å². The average Bonchev–Trinajstić information content (AvgIpc) is 2.76. The van der Waals surface area contributed by atoms with Gasteiger partial charge in [-0.1, -0.05) is 20.8 Å². The van der Waals surface area contributed by atoms with Crippen molar-refractivity contribution in [2.75, 3.05) is 32.7 Å². The SMILES string of the molecule is Cc1nnc(CN2CCN(CC(O)C(C)(C)C)CC2)o1. The van der Waals surface area contributed by atoms with Crippen molar-refractivity contribution in [2.45, 2.75) is 40.3 Å². The van der Waals surface area contributed by atoms with Gasteiger partial charge in [0, 0.05) is 39.6 Å². The number of nitrogens with zero attached hydrogens (tertiary/aromatic N) is 4. The molecule has 1 aromatic heterocycles. The number of hydrogen-bond donors (Lipinski definition) is 1. The van der Waals surface area contributed by atoms with Gasteiger partial charge in [-0.15, -0.1) is 10.2 Å². The first-order chi connectivity index (χ1) is 9.34. The number of aryl methyl sites for hydroxylation is 1. The summed E-state index contributed by atoms with van der Waals surface area (Å²) in [6.45, 7) is 13.4. The Kier molecular flexibility index (Phi) is 4.78. The largest absolute Gasteiger partial charge is 0.424 e. The molecular formula is C14H26N4O2. The fraction of sp³-hybridized carbons (Fsp3) is 0.857. The van der Waals surface area contributed by atoms with Gasteiger partial charge in [0.1, 0.15) is 0 Å². The lowest BCUT2D eigenvalue weighted by molar-refractivity contribution is 0.0116. The first-order valence-corrected chi connectivity index (χ1v) is 7.26. The molecule has 0 radical (unpaired) electrons. The third-order valence-corrected chi connectivity index (χ3v) is 3.82. The highest BCUT2D eigenvalue weighted by Gasteiger charge is 2.26. The Bertz CT molecular complexity index is 419. The molecule has 0 spiro atoms. The van der Waals surface area contributed by atoms with E-state index in [2.05, 4.69) is 40.8 Å². The minimum absolute atomic E-state index is 0.0571. The van der Waals surface area contributed by atoms with Crippen molar-refractivity contribution in [3.05, 3.63) is 11.8 Å². The van der Waals surface area contributed by atoms with Crippen LogP contribution in [0.5, 0.6) is 0 Å². The van der Waals surface area contributed by atoms with Crippen LogP contribution < -0.4 is 0 Å². The predicted octanol–water partition coefficient (Wildman–Crippen LogP) is 0.903. The van der Waals surface area contributed by atoms with E-state index in [9.17, 15) is 5.11 Å². The summed E-state index contributed by atoms with van der Waals surface area (Å²) in [5.74, 6) is 1.30. The number of rotatable bonds is 4. The molecule has 1 aliphatic rings. The molecule has 1 atom stereocenters. The predicted molar refractivity (Wildman–Crippen MR) is 76.2 cm³/mol. The summed E-state index contributed by atoms with van der Waals surface area (Å²) >= 11 is 0. The maximum atomic E-state index is 10.2. The molecule has 6 nitrogen and oxygen atoms in total. The molecular weight excluding hydrogens is 256 g/mol. The molecule has 0 aromatic carbocycles. The number of piperazine rings is 1. The summed E-state index contributed by atoms with van der Waals surface area (Å²) in [6, 6.07) is 0. The van der Waals surface area contributed by atoms with E-state index in [0.717, 1.165) is 39.3 Å². The Morgan fingerprint density at radius 1 is 1.15 bits per heavy atom. The maximum Gasteiger partial charge on any atom is 0.230 e. The van der Waals surface area contributed by atoms with Crippen molar-refractivity contribution in [1.29, 1.82) is 0 Å². The second kappa shape index (κ2) is 6.20. The molecule has 0 bridgehead atoms. The van der Waals surface area contributed by atoms with Crippen LogP contribution >= 0.6 is 0 Å². The van der Waals surface area contributed by atoms with E-state index >= 15 is 0 Å². The van der Waals surface area contributed by atoms with Gasteiger partial charge in [-0.05, 0) is 5.41 Å². The Morgan fingerprint density at radius 3 is 2.25 bits per heavy atom.